The van der Waals surface area contributed by atoms with E-state index in [4.69, 9.17) is 5.73 Å². The highest BCUT2D eigenvalue weighted by atomic mass is 32.1. The average molecular weight is 195 g/mol. The fourth-order valence-corrected chi connectivity index (χ4v) is 2.53. The Morgan fingerprint density at radius 3 is 3.15 bits per heavy atom. The Balaban J connectivity index is 2.33. The predicted molar refractivity (Wildman–Crippen MR) is 55.4 cm³/mol. The van der Waals surface area contributed by atoms with E-state index in [0.717, 1.165) is 24.5 Å². The molecule has 3 nitrogen and oxygen atoms in total. The van der Waals surface area contributed by atoms with Crippen LogP contribution in [0.3, 0.4) is 0 Å². The SMILES string of the molecule is C=C(N)c1nc2c(s1)CN(C)CC2. The van der Waals surface area contributed by atoms with Gasteiger partial charge in [-0.25, -0.2) is 4.98 Å². The van der Waals surface area contributed by atoms with Crippen LogP contribution in [0.15, 0.2) is 6.58 Å². The summed E-state index contributed by atoms with van der Waals surface area (Å²) in [7, 11) is 2.12. The molecule has 0 atom stereocenters. The molecule has 70 valence electrons. The molecule has 1 aliphatic heterocycles. The molecule has 13 heavy (non-hydrogen) atoms. The van der Waals surface area contributed by atoms with Gasteiger partial charge in [0.2, 0.25) is 0 Å². The second kappa shape index (κ2) is 3.12. The molecule has 0 aliphatic carbocycles. The van der Waals surface area contributed by atoms with Crippen molar-refractivity contribution in [1.29, 1.82) is 0 Å². The van der Waals surface area contributed by atoms with Gasteiger partial charge in [-0.2, -0.15) is 0 Å². The third-order valence-electron chi connectivity index (χ3n) is 2.20. The minimum absolute atomic E-state index is 0.585. The third-order valence-corrected chi connectivity index (χ3v) is 3.35. The summed E-state index contributed by atoms with van der Waals surface area (Å²) < 4.78 is 0. The van der Waals surface area contributed by atoms with Crippen LogP contribution in [-0.2, 0) is 13.0 Å². The Kier molecular flexibility index (Phi) is 2.09. The minimum Gasteiger partial charge on any atom is -0.397 e. The van der Waals surface area contributed by atoms with Crippen molar-refractivity contribution in [3.63, 3.8) is 0 Å². The topological polar surface area (TPSA) is 42.1 Å². The van der Waals surface area contributed by atoms with Crippen molar-refractivity contribution in [2.45, 2.75) is 13.0 Å². The van der Waals surface area contributed by atoms with E-state index in [2.05, 4.69) is 23.5 Å². The summed E-state index contributed by atoms with van der Waals surface area (Å²) in [6, 6.07) is 0. The van der Waals surface area contributed by atoms with E-state index in [1.807, 2.05) is 0 Å². The number of fused-ring (bicyclic) bond motifs is 1. The molecule has 4 heteroatoms. The van der Waals surface area contributed by atoms with Gasteiger partial charge in [0.1, 0.15) is 5.01 Å². The molecule has 1 aliphatic rings. The predicted octanol–water partition coefficient (Wildman–Crippen LogP) is 1.06. The molecular formula is C9H13N3S. The molecule has 0 unspecified atom stereocenters. The van der Waals surface area contributed by atoms with Gasteiger partial charge in [-0.3, -0.25) is 0 Å². The average Bonchev–Trinajstić information content (AvgIpc) is 2.46. The zero-order valence-corrected chi connectivity index (χ0v) is 8.52. The van der Waals surface area contributed by atoms with Gasteiger partial charge in [-0.05, 0) is 7.05 Å². The number of rotatable bonds is 1. The maximum Gasteiger partial charge on any atom is 0.139 e. The Morgan fingerprint density at radius 1 is 1.69 bits per heavy atom. The molecule has 0 amide bonds. The molecule has 1 aromatic heterocycles. The fraction of sp³-hybridized carbons (Fsp3) is 0.444. The lowest BCUT2D eigenvalue weighted by molar-refractivity contribution is 0.314. The third kappa shape index (κ3) is 1.59. The van der Waals surface area contributed by atoms with Crippen molar-refractivity contribution in [2.75, 3.05) is 13.6 Å². The first-order chi connectivity index (χ1) is 6.16. The molecule has 2 N–H and O–H groups in total. The second-order valence-electron chi connectivity index (χ2n) is 3.40. The van der Waals surface area contributed by atoms with Crippen LogP contribution in [0.2, 0.25) is 0 Å². The smallest absolute Gasteiger partial charge is 0.139 e. The zero-order chi connectivity index (χ0) is 9.42. The lowest BCUT2D eigenvalue weighted by Crippen LogP contribution is -2.25. The Hall–Kier alpha value is -0.870. The quantitative estimate of drug-likeness (QED) is 0.728. The summed E-state index contributed by atoms with van der Waals surface area (Å²) in [6.07, 6.45) is 1.04. The van der Waals surface area contributed by atoms with E-state index in [1.54, 1.807) is 11.3 Å². The van der Waals surface area contributed by atoms with Crippen molar-refractivity contribution in [2.24, 2.45) is 5.73 Å². The molecule has 0 spiro atoms. The van der Waals surface area contributed by atoms with Gasteiger partial charge >= 0.3 is 0 Å². The standard InChI is InChI=1S/C9H13N3S/c1-6(10)9-11-7-3-4-12(2)5-8(7)13-9/h1,3-5,10H2,2H3. The number of nitrogens with two attached hydrogens (primary N) is 1. The molecule has 0 radical (unpaired) electrons. The largest absolute Gasteiger partial charge is 0.397 e. The van der Waals surface area contributed by atoms with Gasteiger partial charge in [-0.15, -0.1) is 11.3 Å². The molecule has 1 aromatic rings. The highest BCUT2D eigenvalue weighted by Crippen LogP contribution is 2.26. The van der Waals surface area contributed by atoms with Crippen LogP contribution in [0.1, 0.15) is 15.6 Å². The maximum atomic E-state index is 5.60. The maximum absolute atomic E-state index is 5.60. The fourth-order valence-electron chi connectivity index (χ4n) is 1.46. The summed E-state index contributed by atoms with van der Waals surface area (Å²) in [5.41, 5.74) is 7.40. The molecule has 2 rings (SSSR count). The van der Waals surface area contributed by atoms with Crippen LogP contribution in [0.25, 0.3) is 5.70 Å². The minimum atomic E-state index is 0.585. The van der Waals surface area contributed by atoms with E-state index in [0.29, 0.717) is 5.70 Å². The molecule has 0 aromatic carbocycles. The highest BCUT2D eigenvalue weighted by Gasteiger charge is 2.18. The van der Waals surface area contributed by atoms with Crippen LogP contribution < -0.4 is 5.73 Å². The molecule has 0 fully saturated rings. The first kappa shape index (κ1) is 8.72. The number of likely N-dealkylation sites (N-methyl/N-ethyl adjacent to an activating group) is 1. The van der Waals surface area contributed by atoms with Gasteiger partial charge in [0, 0.05) is 24.4 Å². The Morgan fingerprint density at radius 2 is 2.46 bits per heavy atom. The first-order valence-electron chi connectivity index (χ1n) is 4.28. The van der Waals surface area contributed by atoms with Crippen molar-refractivity contribution < 1.29 is 0 Å². The number of hydrogen-bond donors (Lipinski definition) is 1. The van der Waals surface area contributed by atoms with E-state index in [-0.39, 0.29) is 0 Å². The number of thiazole rings is 1. The lowest BCUT2D eigenvalue weighted by Gasteiger charge is -2.20. The van der Waals surface area contributed by atoms with Crippen molar-refractivity contribution in [3.05, 3.63) is 22.2 Å². The number of aromatic nitrogens is 1. The lowest BCUT2D eigenvalue weighted by atomic mass is 10.2. The van der Waals surface area contributed by atoms with Crippen molar-refractivity contribution >= 4 is 17.0 Å². The summed E-state index contributed by atoms with van der Waals surface area (Å²) in [4.78, 5) is 8.09. The van der Waals surface area contributed by atoms with Crippen LogP contribution >= 0.6 is 11.3 Å². The summed E-state index contributed by atoms with van der Waals surface area (Å²) >= 11 is 1.67. The van der Waals surface area contributed by atoms with Crippen LogP contribution in [-0.4, -0.2) is 23.5 Å². The van der Waals surface area contributed by atoms with Gasteiger partial charge < -0.3 is 10.6 Å². The molecule has 0 saturated carbocycles. The van der Waals surface area contributed by atoms with Gasteiger partial charge in [0.05, 0.1) is 11.4 Å². The van der Waals surface area contributed by atoms with E-state index < -0.39 is 0 Å². The molecule has 0 saturated heterocycles. The van der Waals surface area contributed by atoms with Crippen molar-refractivity contribution in [1.82, 2.24) is 9.88 Å². The number of nitrogens with zero attached hydrogens (tertiary/aromatic N) is 2. The van der Waals surface area contributed by atoms with Crippen LogP contribution in [0.5, 0.6) is 0 Å². The Labute approximate surface area is 81.9 Å². The molecular weight excluding hydrogens is 182 g/mol. The molecule has 2 heterocycles. The second-order valence-corrected chi connectivity index (χ2v) is 4.49. The highest BCUT2D eigenvalue weighted by molar-refractivity contribution is 7.12. The normalized spacial score (nSPS) is 17.0. The van der Waals surface area contributed by atoms with E-state index >= 15 is 0 Å². The summed E-state index contributed by atoms with van der Waals surface area (Å²) in [5, 5.41) is 0.889. The Bertz CT molecular complexity index is 343. The monoisotopic (exact) mass is 195 g/mol. The number of hydrogen-bond acceptors (Lipinski definition) is 4. The van der Waals surface area contributed by atoms with E-state index in [1.165, 1.54) is 10.6 Å². The van der Waals surface area contributed by atoms with Gasteiger partial charge in [-0.1, -0.05) is 6.58 Å². The van der Waals surface area contributed by atoms with Gasteiger partial charge in [0.25, 0.3) is 0 Å². The van der Waals surface area contributed by atoms with Crippen LogP contribution in [0.4, 0.5) is 0 Å². The van der Waals surface area contributed by atoms with Crippen molar-refractivity contribution in [3.8, 4) is 0 Å². The van der Waals surface area contributed by atoms with Gasteiger partial charge in [0.15, 0.2) is 0 Å². The van der Waals surface area contributed by atoms with E-state index in [9.17, 15) is 0 Å². The zero-order valence-electron chi connectivity index (χ0n) is 7.71. The molecule has 0 bridgehead atoms. The van der Waals surface area contributed by atoms with Crippen LogP contribution in [0, 0.1) is 0 Å². The first-order valence-corrected chi connectivity index (χ1v) is 5.10. The summed E-state index contributed by atoms with van der Waals surface area (Å²) in [5.74, 6) is 0. The summed E-state index contributed by atoms with van der Waals surface area (Å²) in [6.45, 7) is 5.79.